The molecule has 1 amide bonds. The first-order chi connectivity index (χ1) is 9.03. The average Bonchev–Trinajstić information content (AvgIpc) is 2.39. The molecule has 1 aromatic carbocycles. The summed E-state index contributed by atoms with van der Waals surface area (Å²) in [4.78, 5) is 12.0. The van der Waals surface area contributed by atoms with Crippen LogP contribution in [-0.2, 0) is 14.6 Å². The highest BCUT2D eigenvalue weighted by Crippen LogP contribution is 2.17. The molecule has 1 aromatic rings. The normalized spacial score (nSPS) is 11.3. The number of methoxy groups -OCH3 is 1. The van der Waals surface area contributed by atoms with Crippen LogP contribution in [0, 0.1) is 0 Å². The number of carbonyl (C=O) groups excluding carboxylic acids is 1. The Balaban J connectivity index is 2.99. The standard InChI is InChI=1S/C13H19NO4S/c1-3-10-19(16,17)12-7-5-4-6-11(12)13(15)14-8-9-18-2/h4-7H,3,8-10H2,1-2H3,(H,14,15). The third-order valence-electron chi connectivity index (χ3n) is 2.53. The number of ether oxygens (including phenoxy) is 1. The third-order valence-corrected chi connectivity index (χ3v) is 4.50. The molecular weight excluding hydrogens is 266 g/mol. The molecule has 1 rings (SSSR count). The summed E-state index contributed by atoms with van der Waals surface area (Å²) in [6.45, 7) is 2.52. The highest BCUT2D eigenvalue weighted by atomic mass is 32.2. The molecule has 6 heteroatoms. The van der Waals surface area contributed by atoms with Crippen molar-refractivity contribution in [3.8, 4) is 0 Å². The first-order valence-corrected chi connectivity index (χ1v) is 7.77. The van der Waals surface area contributed by atoms with E-state index in [1.807, 2.05) is 0 Å². The van der Waals surface area contributed by atoms with E-state index in [9.17, 15) is 13.2 Å². The number of sulfone groups is 1. The van der Waals surface area contributed by atoms with Gasteiger partial charge in [-0.3, -0.25) is 4.79 Å². The van der Waals surface area contributed by atoms with E-state index < -0.39 is 15.7 Å². The number of nitrogens with one attached hydrogen (secondary N) is 1. The van der Waals surface area contributed by atoms with Gasteiger partial charge >= 0.3 is 0 Å². The number of amides is 1. The Labute approximate surface area is 113 Å². The minimum Gasteiger partial charge on any atom is -0.383 e. The zero-order valence-corrected chi connectivity index (χ0v) is 12.0. The van der Waals surface area contributed by atoms with Gasteiger partial charge in [0.15, 0.2) is 9.84 Å². The maximum absolute atomic E-state index is 12.1. The second-order valence-corrected chi connectivity index (χ2v) is 6.14. The Hall–Kier alpha value is -1.40. The Morgan fingerprint density at radius 2 is 2.00 bits per heavy atom. The second kappa shape index (κ2) is 7.25. The van der Waals surface area contributed by atoms with Crippen molar-refractivity contribution < 1.29 is 17.9 Å². The molecule has 0 aliphatic heterocycles. The molecule has 0 aliphatic rings. The summed E-state index contributed by atoms with van der Waals surface area (Å²) in [5.41, 5.74) is 0.187. The molecular formula is C13H19NO4S. The zero-order chi connectivity index (χ0) is 14.3. The van der Waals surface area contributed by atoms with E-state index in [0.717, 1.165) is 0 Å². The summed E-state index contributed by atoms with van der Waals surface area (Å²) in [5, 5.41) is 2.63. The van der Waals surface area contributed by atoms with E-state index in [-0.39, 0.29) is 16.2 Å². The van der Waals surface area contributed by atoms with Crippen LogP contribution in [0.5, 0.6) is 0 Å². The predicted octanol–water partition coefficient (Wildman–Crippen LogP) is 1.25. The quantitative estimate of drug-likeness (QED) is 0.765. The molecule has 0 radical (unpaired) electrons. The van der Waals surface area contributed by atoms with Gasteiger partial charge in [0.2, 0.25) is 0 Å². The Morgan fingerprint density at radius 3 is 2.63 bits per heavy atom. The summed E-state index contributed by atoms with van der Waals surface area (Å²) >= 11 is 0. The van der Waals surface area contributed by atoms with E-state index in [1.165, 1.54) is 19.2 Å². The molecule has 0 unspecified atom stereocenters. The van der Waals surface area contributed by atoms with E-state index in [4.69, 9.17) is 4.74 Å². The first kappa shape index (κ1) is 15.7. The molecule has 0 aliphatic carbocycles. The monoisotopic (exact) mass is 285 g/mol. The van der Waals surface area contributed by atoms with Crippen LogP contribution in [0.25, 0.3) is 0 Å². The molecule has 19 heavy (non-hydrogen) atoms. The van der Waals surface area contributed by atoms with Gasteiger partial charge in [-0.15, -0.1) is 0 Å². The van der Waals surface area contributed by atoms with E-state index in [2.05, 4.69) is 5.32 Å². The molecule has 5 nitrogen and oxygen atoms in total. The van der Waals surface area contributed by atoms with Gasteiger partial charge in [0.1, 0.15) is 0 Å². The number of carbonyl (C=O) groups is 1. The lowest BCUT2D eigenvalue weighted by atomic mass is 10.2. The van der Waals surface area contributed by atoms with Crippen molar-refractivity contribution in [2.45, 2.75) is 18.2 Å². The molecule has 0 aromatic heterocycles. The number of rotatable bonds is 7. The van der Waals surface area contributed by atoms with Gasteiger partial charge in [-0.1, -0.05) is 19.1 Å². The Kier molecular flexibility index (Phi) is 5.98. The minimum absolute atomic E-state index is 0.0371. The Morgan fingerprint density at radius 1 is 1.32 bits per heavy atom. The molecule has 0 heterocycles. The lowest BCUT2D eigenvalue weighted by Crippen LogP contribution is -2.28. The molecule has 0 spiro atoms. The fourth-order valence-corrected chi connectivity index (χ4v) is 3.21. The van der Waals surface area contributed by atoms with E-state index >= 15 is 0 Å². The van der Waals surface area contributed by atoms with Crippen LogP contribution in [0.3, 0.4) is 0 Å². The van der Waals surface area contributed by atoms with Crippen LogP contribution in [0.15, 0.2) is 29.2 Å². The summed E-state index contributed by atoms with van der Waals surface area (Å²) in [5.74, 6) is -0.359. The van der Waals surface area contributed by atoms with Crippen LogP contribution < -0.4 is 5.32 Å². The molecule has 1 N–H and O–H groups in total. The Bertz CT molecular complexity index is 525. The summed E-state index contributed by atoms with van der Waals surface area (Å²) in [6, 6.07) is 6.26. The van der Waals surface area contributed by atoms with Crippen molar-refractivity contribution >= 4 is 15.7 Å². The van der Waals surface area contributed by atoms with Gasteiger partial charge in [-0.25, -0.2) is 8.42 Å². The van der Waals surface area contributed by atoms with Crippen molar-refractivity contribution in [2.24, 2.45) is 0 Å². The van der Waals surface area contributed by atoms with E-state index in [0.29, 0.717) is 19.6 Å². The van der Waals surface area contributed by atoms with Crippen LogP contribution >= 0.6 is 0 Å². The SMILES string of the molecule is CCCS(=O)(=O)c1ccccc1C(=O)NCCOC. The van der Waals surface area contributed by atoms with Crippen molar-refractivity contribution in [1.29, 1.82) is 0 Å². The van der Waals surface area contributed by atoms with Gasteiger partial charge < -0.3 is 10.1 Å². The van der Waals surface area contributed by atoms with Crippen LogP contribution in [-0.4, -0.2) is 40.3 Å². The van der Waals surface area contributed by atoms with E-state index in [1.54, 1.807) is 19.1 Å². The summed E-state index contributed by atoms with van der Waals surface area (Å²) < 4.78 is 29.0. The molecule has 106 valence electrons. The zero-order valence-electron chi connectivity index (χ0n) is 11.2. The summed E-state index contributed by atoms with van der Waals surface area (Å²) in [7, 11) is -1.88. The predicted molar refractivity (Wildman–Crippen MR) is 73.0 cm³/mol. The first-order valence-electron chi connectivity index (χ1n) is 6.12. The average molecular weight is 285 g/mol. The van der Waals surface area contributed by atoms with Crippen molar-refractivity contribution in [2.75, 3.05) is 26.0 Å². The van der Waals surface area contributed by atoms with Crippen molar-refractivity contribution in [3.05, 3.63) is 29.8 Å². The van der Waals surface area contributed by atoms with Crippen LogP contribution in [0.1, 0.15) is 23.7 Å². The smallest absolute Gasteiger partial charge is 0.252 e. The van der Waals surface area contributed by atoms with Crippen molar-refractivity contribution in [3.63, 3.8) is 0 Å². The second-order valence-electron chi connectivity index (χ2n) is 4.06. The lowest BCUT2D eigenvalue weighted by molar-refractivity contribution is 0.0934. The van der Waals surface area contributed by atoms with Gasteiger partial charge in [0, 0.05) is 13.7 Å². The minimum atomic E-state index is -3.41. The highest BCUT2D eigenvalue weighted by Gasteiger charge is 2.20. The molecule has 0 bridgehead atoms. The highest BCUT2D eigenvalue weighted by molar-refractivity contribution is 7.91. The van der Waals surface area contributed by atoms with Crippen LogP contribution in [0.4, 0.5) is 0 Å². The number of hydrogen-bond donors (Lipinski definition) is 1. The maximum atomic E-state index is 12.1. The molecule has 0 fully saturated rings. The van der Waals surface area contributed by atoms with Gasteiger partial charge in [0.25, 0.3) is 5.91 Å². The fraction of sp³-hybridized carbons (Fsp3) is 0.462. The molecule has 0 saturated heterocycles. The van der Waals surface area contributed by atoms with Gasteiger partial charge in [-0.2, -0.15) is 0 Å². The van der Waals surface area contributed by atoms with Gasteiger partial charge in [0.05, 0.1) is 22.8 Å². The third kappa shape index (κ3) is 4.33. The maximum Gasteiger partial charge on any atom is 0.252 e. The molecule has 0 saturated carbocycles. The topological polar surface area (TPSA) is 72.5 Å². The van der Waals surface area contributed by atoms with Crippen LogP contribution in [0.2, 0.25) is 0 Å². The fourth-order valence-electron chi connectivity index (χ4n) is 1.67. The molecule has 0 atom stereocenters. The lowest BCUT2D eigenvalue weighted by Gasteiger charge is -2.10. The number of hydrogen-bond acceptors (Lipinski definition) is 4. The van der Waals surface area contributed by atoms with Crippen molar-refractivity contribution in [1.82, 2.24) is 5.32 Å². The number of benzene rings is 1. The largest absolute Gasteiger partial charge is 0.383 e. The van der Waals surface area contributed by atoms with Gasteiger partial charge in [-0.05, 0) is 18.6 Å². The summed E-state index contributed by atoms with van der Waals surface area (Å²) in [6.07, 6.45) is 0.516.